The normalized spacial score (nSPS) is 19.5. The number of piperidine rings is 1. The molecule has 2 aliphatic heterocycles. The van der Waals surface area contributed by atoms with Gasteiger partial charge in [-0.15, -0.1) is 0 Å². The quantitative estimate of drug-likeness (QED) is 0.848. The van der Waals surface area contributed by atoms with Crippen LogP contribution in [0.2, 0.25) is 5.02 Å². The van der Waals surface area contributed by atoms with Crippen molar-refractivity contribution in [2.45, 2.75) is 25.4 Å². The number of likely N-dealkylation sites (tertiary alicyclic amines) is 1. The average molecular weight is 311 g/mol. The van der Waals surface area contributed by atoms with Crippen molar-refractivity contribution in [3.8, 4) is 0 Å². The minimum atomic E-state index is -0.144. The molecule has 0 unspecified atom stereocenters. The fourth-order valence-electron chi connectivity index (χ4n) is 2.66. The Bertz CT molecular complexity index is 528. The van der Waals surface area contributed by atoms with E-state index in [-0.39, 0.29) is 12.0 Å². The number of carbonyl (C=O) groups is 1. The Kier molecular flexibility index (Phi) is 4.26. The van der Waals surface area contributed by atoms with E-state index in [0.717, 1.165) is 25.9 Å². The number of aromatic nitrogens is 2. The van der Waals surface area contributed by atoms with Crippen LogP contribution in [0, 0.1) is 0 Å². The molecule has 21 heavy (non-hydrogen) atoms. The summed E-state index contributed by atoms with van der Waals surface area (Å²) in [5, 5.41) is 0.307. The smallest absolute Gasteiger partial charge is 0.274 e. The van der Waals surface area contributed by atoms with Crippen molar-refractivity contribution in [2.24, 2.45) is 0 Å². The Morgan fingerprint density at radius 1 is 1.33 bits per heavy atom. The molecular formula is C14H19ClN4O2. The Hall–Kier alpha value is -1.40. The van der Waals surface area contributed by atoms with Gasteiger partial charge >= 0.3 is 0 Å². The Labute approximate surface area is 129 Å². The molecule has 0 atom stereocenters. The van der Waals surface area contributed by atoms with Gasteiger partial charge < -0.3 is 14.5 Å². The number of carbonyl (C=O) groups excluding carboxylic acids is 1. The summed E-state index contributed by atoms with van der Waals surface area (Å²) in [6, 6.07) is 0. The molecule has 6 nitrogen and oxygen atoms in total. The first kappa shape index (κ1) is 14.5. The van der Waals surface area contributed by atoms with Gasteiger partial charge in [-0.1, -0.05) is 11.6 Å². The van der Waals surface area contributed by atoms with Gasteiger partial charge in [-0.05, 0) is 19.3 Å². The first-order chi connectivity index (χ1) is 10.2. The van der Waals surface area contributed by atoms with E-state index in [1.807, 2.05) is 0 Å². The van der Waals surface area contributed by atoms with Gasteiger partial charge in [-0.3, -0.25) is 4.79 Å². The molecule has 114 valence electrons. The summed E-state index contributed by atoms with van der Waals surface area (Å²) in [7, 11) is 1.65. The topological polar surface area (TPSA) is 58.6 Å². The molecule has 1 aromatic rings. The van der Waals surface area contributed by atoms with Gasteiger partial charge in [-0.2, -0.15) is 0 Å². The molecule has 0 aromatic carbocycles. The number of anilines is 1. The van der Waals surface area contributed by atoms with Gasteiger partial charge in [0.2, 0.25) is 5.95 Å². The Balaban J connectivity index is 1.76. The van der Waals surface area contributed by atoms with Crippen LogP contribution < -0.4 is 4.90 Å². The van der Waals surface area contributed by atoms with Crippen molar-refractivity contribution in [2.75, 3.05) is 38.2 Å². The zero-order valence-electron chi connectivity index (χ0n) is 12.1. The van der Waals surface area contributed by atoms with Gasteiger partial charge in [0, 0.05) is 33.3 Å². The van der Waals surface area contributed by atoms with Crippen molar-refractivity contribution < 1.29 is 9.53 Å². The van der Waals surface area contributed by atoms with Crippen LogP contribution in [0.5, 0.6) is 0 Å². The summed E-state index contributed by atoms with van der Waals surface area (Å²) in [6.45, 7) is 3.05. The number of halogens is 1. The standard InChI is InChI=1S/C14H19ClN4O2/c1-21-10-8-19(9-10)13(20)12-11(15)7-16-14(17-12)18-5-3-2-4-6-18/h7,10H,2-6,8-9H2,1H3. The summed E-state index contributed by atoms with van der Waals surface area (Å²) in [5.41, 5.74) is 0.293. The molecular weight excluding hydrogens is 292 g/mol. The lowest BCUT2D eigenvalue weighted by atomic mass is 10.1. The van der Waals surface area contributed by atoms with Crippen LogP contribution in [0.4, 0.5) is 5.95 Å². The first-order valence-corrected chi connectivity index (χ1v) is 7.66. The van der Waals surface area contributed by atoms with Crippen LogP contribution in [-0.2, 0) is 4.74 Å². The molecule has 0 N–H and O–H groups in total. The van der Waals surface area contributed by atoms with Crippen molar-refractivity contribution in [1.82, 2.24) is 14.9 Å². The van der Waals surface area contributed by atoms with Gasteiger partial charge in [0.25, 0.3) is 5.91 Å². The molecule has 2 aliphatic rings. The van der Waals surface area contributed by atoms with Crippen LogP contribution in [0.3, 0.4) is 0 Å². The molecule has 1 amide bonds. The summed E-state index contributed by atoms with van der Waals surface area (Å²) in [5.74, 6) is 0.459. The van der Waals surface area contributed by atoms with E-state index in [1.165, 1.54) is 12.6 Å². The minimum Gasteiger partial charge on any atom is -0.378 e. The van der Waals surface area contributed by atoms with Gasteiger partial charge in [-0.25, -0.2) is 9.97 Å². The SMILES string of the molecule is COC1CN(C(=O)c2nc(N3CCCCC3)ncc2Cl)C1. The molecule has 0 bridgehead atoms. The number of hydrogen-bond donors (Lipinski definition) is 0. The molecule has 2 saturated heterocycles. The maximum Gasteiger partial charge on any atom is 0.274 e. The molecule has 7 heteroatoms. The molecule has 1 aromatic heterocycles. The van der Waals surface area contributed by atoms with E-state index in [2.05, 4.69) is 14.9 Å². The number of rotatable bonds is 3. The zero-order valence-corrected chi connectivity index (χ0v) is 12.8. The maximum atomic E-state index is 12.4. The van der Waals surface area contributed by atoms with Crippen molar-refractivity contribution in [1.29, 1.82) is 0 Å². The Morgan fingerprint density at radius 3 is 2.71 bits per heavy atom. The lowest BCUT2D eigenvalue weighted by molar-refractivity contribution is -0.0194. The zero-order chi connectivity index (χ0) is 14.8. The van der Waals surface area contributed by atoms with E-state index in [9.17, 15) is 4.79 Å². The summed E-state index contributed by atoms with van der Waals surface area (Å²) >= 11 is 6.10. The van der Waals surface area contributed by atoms with E-state index in [1.54, 1.807) is 12.0 Å². The largest absolute Gasteiger partial charge is 0.378 e. The molecule has 0 radical (unpaired) electrons. The minimum absolute atomic E-state index is 0.121. The van der Waals surface area contributed by atoms with Crippen molar-refractivity contribution in [3.63, 3.8) is 0 Å². The predicted molar refractivity (Wildman–Crippen MR) is 79.8 cm³/mol. The molecule has 2 fully saturated rings. The highest BCUT2D eigenvalue weighted by Crippen LogP contribution is 2.23. The summed E-state index contributed by atoms with van der Waals surface area (Å²) in [4.78, 5) is 24.9. The average Bonchev–Trinajstić information content (AvgIpc) is 2.47. The molecule has 0 spiro atoms. The highest BCUT2D eigenvalue weighted by Gasteiger charge is 2.33. The molecule has 0 aliphatic carbocycles. The second-order valence-electron chi connectivity index (χ2n) is 5.48. The van der Waals surface area contributed by atoms with E-state index in [4.69, 9.17) is 16.3 Å². The molecule has 3 rings (SSSR count). The third kappa shape index (κ3) is 2.96. The number of ether oxygens (including phenoxy) is 1. The summed E-state index contributed by atoms with van der Waals surface area (Å²) < 4.78 is 5.18. The third-order valence-electron chi connectivity index (χ3n) is 4.04. The highest BCUT2D eigenvalue weighted by atomic mass is 35.5. The molecule has 0 saturated carbocycles. The number of nitrogens with zero attached hydrogens (tertiary/aromatic N) is 4. The van der Waals surface area contributed by atoms with Gasteiger partial charge in [0.05, 0.1) is 17.3 Å². The number of hydrogen-bond acceptors (Lipinski definition) is 5. The lowest BCUT2D eigenvalue weighted by Gasteiger charge is -2.38. The van der Waals surface area contributed by atoms with Gasteiger partial charge in [0.1, 0.15) is 0 Å². The van der Waals surface area contributed by atoms with E-state index in [0.29, 0.717) is 29.8 Å². The van der Waals surface area contributed by atoms with Gasteiger partial charge in [0.15, 0.2) is 5.69 Å². The summed E-state index contributed by atoms with van der Waals surface area (Å²) in [6.07, 6.45) is 5.16. The maximum absolute atomic E-state index is 12.4. The van der Waals surface area contributed by atoms with Crippen LogP contribution in [0.1, 0.15) is 29.8 Å². The van der Waals surface area contributed by atoms with Crippen molar-refractivity contribution in [3.05, 3.63) is 16.9 Å². The second kappa shape index (κ2) is 6.15. The molecule has 3 heterocycles. The fraction of sp³-hybridized carbons (Fsp3) is 0.643. The Morgan fingerprint density at radius 2 is 2.05 bits per heavy atom. The van der Waals surface area contributed by atoms with Crippen LogP contribution in [0.25, 0.3) is 0 Å². The van der Waals surface area contributed by atoms with E-state index < -0.39 is 0 Å². The fourth-order valence-corrected chi connectivity index (χ4v) is 2.83. The van der Waals surface area contributed by atoms with Crippen LogP contribution in [-0.4, -0.2) is 60.2 Å². The van der Waals surface area contributed by atoms with Crippen LogP contribution >= 0.6 is 11.6 Å². The third-order valence-corrected chi connectivity index (χ3v) is 4.32. The highest BCUT2D eigenvalue weighted by molar-refractivity contribution is 6.33. The predicted octanol–water partition coefficient (Wildman–Crippen LogP) is 1.59. The second-order valence-corrected chi connectivity index (χ2v) is 5.89. The number of methoxy groups -OCH3 is 1. The van der Waals surface area contributed by atoms with Crippen molar-refractivity contribution >= 4 is 23.5 Å². The van der Waals surface area contributed by atoms with E-state index >= 15 is 0 Å². The van der Waals surface area contributed by atoms with Crippen LogP contribution in [0.15, 0.2) is 6.20 Å². The first-order valence-electron chi connectivity index (χ1n) is 7.28. The number of amides is 1. The monoisotopic (exact) mass is 310 g/mol. The lowest BCUT2D eigenvalue weighted by Crippen LogP contribution is -2.54.